The minimum atomic E-state index is -1.05. The van der Waals surface area contributed by atoms with Crippen molar-refractivity contribution in [2.45, 2.75) is 64.1 Å². The van der Waals surface area contributed by atoms with E-state index in [2.05, 4.69) is 10.6 Å². The van der Waals surface area contributed by atoms with Gasteiger partial charge in [0.05, 0.1) is 6.61 Å². The van der Waals surface area contributed by atoms with Gasteiger partial charge in [0.25, 0.3) is 0 Å². The normalized spacial score (nSPS) is 31.4. The summed E-state index contributed by atoms with van der Waals surface area (Å²) in [7, 11) is 0. The molecule has 0 saturated carbocycles. The van der Waals surface area contributed by atoms with Crippen LogP contribution < -0.4 is 15.4 Å². The number of aliphatic hydroxyl groups excluding tert-OH is 1. The standard InChI is InChI=1S/C19H26N2O7/c1-10(22)20-12-5-7-13(8-6-12)26-18-15(21-11(2)23)16(24)17-14(27-18)9-25-19(3,4)28-17/h5-8,14-18,24H,9H2,1-4H3,(H,20,22)(H,21,23)/t14-,15+,16-,17-,18+/m0/s1. The Labute approximate surface area is 163 Å². The maximum atomic E-state index is 11.7. The highest BCUT2D eigenvalue weighted by Gasteiger charge is 2.52. The van der Waals surface area contributed by atoms with Crippen LogP contribution in [0.25, 0.3) is 0 Å². The van der Waals surface area contributed by atoms with Crippen LogP contribution in [0.3, 0.4) is 0 Å². The fourth-order valence-electron chi connectivity index (χ4n) is 3.29. The van der Waals surface area contributed by atoms with Gasteiger partial charge in [-0.15, -0.1) is 0 Å². The number of hydrogen-bond donors (Lipinski definition) is 3. The fourth-order valence-corrected chi connectivity index (χ4v) is 3.29. The molecule has 5 atom stereocenters. The van der Waals surface area contributed by atoms with Gasteiger partial charge in [0.2, 0.25) is 18.1 Å². The summed E-state index contributed by atoms with van der Waals surface area (Å²) in [5.74, 6) is -0.908. The highest BCUT2D eigenvalue weighted by Crippen LogP contribution is 2.33. The molecular formula is C19H26N2O7. The second-order valence-electron chi connectivity index (χ2n) is 7.38. The summed E-state index contributed by atoms with van der Waals surface area (Å²) in [5, 5.41) is 16.2. The van der Waals surface area contributed by atoms with Crippen molar-refractivity contribution >= 4 is 17.5 Å². The first-order chi connectivity index (χ1) is 13.1. The highest BCUT2D eigenvalue weighted by molar-refractivity contribution is 5.88. The Hall–Kier alpha value is -2.20. The average Bonchev–Trinajstić information content (AvgIpc) is 2.60. The van der Waals surface area contributed by atoms with Crippen LogP contribution in [0.15, 0.2) is 24.3 Å². The molecule has 3 rings (SSSR count). The molecule has 2 amide bonds. The van der Waals surface area contributed by atoms with E-state index in [9.17, 15) is 14.7 Å². The van der Waals surface area contributed by atoms with Crippen LogP contribution >= 0.6 is 0 Å². The number of carbonyl (C=O) groups is 2. The lowest BCUT2D eigenvalue weighted by Gasteiger charge is -2.49. The number of amides is 2. The number of aliphatic hydroxyl groups is 1. The van der Waals surface area contributed by atoms with Gasteiger partial charge >= 0.3 is 0 Å². The van der Waals surface area contributed by atoms with E-state index in [4.69, 9.17) is 18.9 Å². The van der Waals surface area contributed by atoms with Crippen molar-refractivity contribution in [2.24, 2.45) is 0 Å². The minimum Gasteiger partial charge on any atom is -0.463 e. The molecule has 9 heteroatoms. The molecule has 0 aromatic heterocycles. The number of ether oxygens (including phenoxy) is 4. The molecule has 0 aliphatic carbocycles. The van der Waals surface area contributed by atoms with Crippen LogP contribution in [0.2, 0.25) is 0 Å². The van der Waals surface area contributed by atoms with E-state index < -0.39 is 36.4 Å². The van der Waals surface area contributed by atoms with Gasteiger partial charge in [-0.2, -0.15) is 0 Å². The number of nitrogens with one attached hydrogen (secondary N) is 2. The molecule has 0 spiro atoms. The molecule has 3 N–H and O–H groups in total. The fraction of sp³-hybridized carbons (Fsp3) is 0.579. The van der Waals surface area contributed by atoms with Gasteiger partial charge in [0.1, 0.15) is 30.1 Å². The summed E-state index contributed by atoms with van der Waals surface area (Å²) >= 11 is 0. The molecule has 0 unspecified atom stereocenters. The maximum absolute atomic E-state index is 11.7. The lowest BCUT2D eigenvalue weighted by Crippen LogP contribution is -2.69. The molecule has 0 radical (unpaired) electrons. The monoisotopic (exact) mass is 394 g/mol. The first-order valence-corrected chi connectivity index (χ1v) is 9.11. The van der Waals surface area contributed by atoms with Crippen LogP contribution in [-0.2, 0) is 23.8 Å². The lowest BCUT2D eigenvalue weighted by molar-refractivity contribution is -0.361. The molecule has 1 aromatic carbocycles. The van der Waals surface area contributed by atoms with Crippen molar-refractivity contribution in [3.05, 3.63) is 24.3 Å². The third kappa shape index (κ3) is 4.79. The summed E-state index contributed by atoms with van der Waals surface area (Å²) in [4.78, 5) is 22.8. The Morgan fingerprint density at radius 3 is 2.46 bits per heavy atom. The van der Waals surface area contributed by atoms with Crippen LogP contribution in [0.4, 0.5) is 5.69 Å². The number of rotatable bonds is 4. The zero-order valence-electron chi connectivity index (χ0n) is 16.3. The number of carbonyl (C=O) groups excluding carboxylic acids is 2. The van der Waals surface area contributed by atoms with Gasteiger partial charge in [0.15, 0.2) is 5.79 Å². The zero-order valence-corrected chi connectivity index (χ0v) is 16.3. The molecule has 2 fully saturated rings. The average molecular weight is 394 g/mol. The zero-order chi connectivity index (χ0) is 20.5. The molecule has 28 heavy (non-hydrogen) atoms. The van der Waals surface area contributed by atoms with Gasteiger partial charge in [-0.05, 0) is 38.1 Å². The SMILES string of the molecule is CC(=O)Nc1ccc(O[C@@H]2O[C@H]3COC(C)(C)O[C@@H]3[C@@H](O)[C@H]2NC(C)=O)cc1. The summed E-state index contributed by atoms with van der Waals surface area (Å²) < 4.78 is 23.2. The van der Waals surface area contributed by atoms with Gasteiger partial charge in [0, 0.05) is 19.5 Å². The summed E-state index contributed by atoms with van der Waals surface area (Å²) in [6, 6.07) is 5.86. The van der Waals surface area contributed by atoms with Crippen molar-refractivity contribution < 1.29 is 33.6 Å². The van der Waals surface area contributed by atoms with Crippen molar-refractivity contribution in [1.82, 2.24) is 5.32 Å². The Morgan fingerprint density at radius 1 is 1.18 bits per heavy atom. The van der Waals surface area contributed by atoms with Crippen LogP contribution in [-0.4, -0.2) is 60.0 Å². The van der Waals surface area contributed by atoms with Crippen molar-refractivity contribution in [2.75, 3.05) is 11.9 Å². The highest BCUT2D eigenvalue weighted by atomic mass is 16.8. The quantitative estimate of drug-likeness (QED) is 0.691. The smallest absolute Gasteiger partial charge is 0.223 e. The van der Waals surface area contributed by atoms with Crippen molar-refractivity contribution in [3.8, 4) is 5.75 Å². The van der Waals surface area contributed by atoms with E-state index in [1.165, 1.54) is 13.8 Å². The van der Waals surface area contributed by atoms with Gasteiger partial charge < -0.3 is 34.7 Å². The van der Waals surface area contributed by atoms with Crippen molar-refractivity contribution in [3.63, 3.8) is 0 Å². The molecule has 9 nitrogen and oxygen atoms in total. The summed E-state index contributed by atoms with van der Waals surface area (Å²) in [6.45, 7) is 6.51. The Kier molecular flexibility index (Phi) is 5.90. The van der Waals surface area contributed by atoms with E-state index in [-0.39, 0.29) is 18.4 Å². The first kappa shape index (κ1) is 20.5. The molecule has 154 valence electrons. The molecule has 2 aliphatic rings. The van der Waals surface area contributed by atoms with E-state index in [0.29, 0.717) is 11.4 Å². The van der Waals surface area contributed by atoms with Crippen molar-refractivity contribution in [1.29, 1.82) is 0 Å². The first-order valence-electron chi connectivity index (χ1n) is 9.11. The molecule has 0 bridgehead atoms. The number of benzene rings is 1. The Bertz CT molecular complexity index is 721. The maximum Gasteiger partial charge on any atom is 0.223 e. The summed E-state index contributed by atoms with van der Waals surface area (Å²) in [6.07, 6.45) is -3.20. The Morgan fingerprint density at radius 2 is 1.86 bits per heavy atom. The van der Waals surface area contributed by atoms with E-state index in [1.54, 1.807) is 38.1 Å². The minimum absolute atomic E-state index is 0.176. The predicted octanol–water partition coefficient (Wildman–Crippen LogP) is 0.766. The van der Waals surface area contributed by atoms with E-state index >= 15 is 0 Å². The predicted molar refractivity (Wildman–Crippen MR) is 98.6 cm³/mol. The third-order valence-electron chi connectivity index (χ3n) is 4.49. The van der Waals surface area contributed by atoms with Crippen LogP contribution in [0, 0.1) is 0 Å². The lowest BCUT2D eigenvalue weighted by atomic mass is 9.95. The second-order valence-corrected chi connectivity index (χ2v) is 7.38. The number of fused-ring (bicyclic) bond motifs is 1. The Balaban J connectivity index is 1.76. The molecule has 2 heterocycles. The van der Waals surface area contributed by atoms with Crippen LogP contribution in [0.5, 0.6) is 5.75 Å². The molecular weight excluding hydrogens is 368 g/mol. The second kappa shape index (κ2) is 8.04. The van der Waals surface area contributed by atoms with Gasteiger partial charge in [-0.25, -0.2) is 0 Å². The van der Waals surface area contributed by atoms with Crippen LogP contribution in [0.1, 0.15) is 27.7 Å². The van der Waals surface area contributed by atoms with E-state index in [1.807, 2.05) is 0 Å². The number of anilines is 1. The molecule has 2 aliphatic heterocycles. The summed E-state index contributed by atoms with van der Waals surface area (Å²) in [5.41, 5.74) is 0.624. The topological polar surface area (TPSA) is 115 Å². The molecule has 2 saturated heterocycles. The molecule has 1 aromatic rings. The largest absolute Gasteiger partial charge is 0.463 e. The van der Waals surface area contributed by atoms with Gasteiger partial charge in [-0.3, -0.25) is 9.59 Å². The van der Waals surface area contributed by atoms with Gasteiger partial charge in [-0.1, -0.05) is 0 Å². The number of hydrogen-bond acceptors (Lipinski definition) is 7. The third-order valence-corrected chi connectivity index (χ3v) is 4.49. The van der Waals surface area contributed by atoms with E-state index in [0.717, 1.165) is 0 Å².